The molecular weight excluding hydrogens is 264 g/mol. The number of aromatic nitrogens is 2. The monoisotopic (exact) mass is 288 g/mol. The fraction of sp³-hybridized carbons (Fsp3) is 0.562. The number of hydrogen-bond acceptors (Lipinski definition) is 4. The number of nitrogens with zero attached hydrogens (tertiary/aromatic N) is 3. The quantitative estimate of drug-likeness (QED) is 0.851. The van der Waals surface area contributed by atoms with Crippen molar-refractivity contribution in [3.63, 3.8) is 0 Å². The molecule has 0 aromatic carbocycles. The van der Waals surface area contributed by atoms with E-state index < -0.39 is 5.60 Å². The van der Waals surface area contributed by atoms with Crippen LogP contribution < -0.4 is 10.2 Å². The molecule has 2 N–H and O–H groups in total. The molecule has 0 saturated heterocycles. The molecule has 0 unspecified atom stereocenters. The molecule has 2 aromatic rings. The molecule has 0 amide bonds. The van der Waals surface area contributed by atoms with E-state index in [4.69, 9.17) is 4.98 Å². The number of hydrogen-bond donors (Lipinski definition) is 2. The number of pyridine rings is 1. The van der Waals surface area contributed by atoms with Gasteiger partial charge in [0.25, 0.3) is 0 Å². The van der Waals surface area contributed by atoms with E-state index in [2.05, 4.69) is 9.72 Å². The van der Waals surface area contributed by atoms with Gasteiger partial charge in [-0.05, 0) is 38.8 Å². The maximum atomic E-state index is 10.1. The number of nitrogens with one attached hydrogen (secondary N) is 1. The normalized spacial score (nSPS) is 15.6. The Bertz CT molecular complexity index is 625. The van der Waals surface area contributed by atoms with E-state index in [0.29, 0.717) is 12.6 Å². The molecule has 0 atom stereocenters. The Morgan fingerprint density at radius 1 is 1.43 bits per heavy atom. The van der Waals surface area contributed by atoms with E-state index in [9.17, 15) is 5.11 Å². The van der Waals surface area contributed by atoms with Crippen molar-refractivity contribution in [1.29, 1.82) is 0 Å². The first-order valence-electron chi connectivity index (χ1n) is 7.57. The molecule has 114 valence electrons. The smallest absolute Gasteiger partial charge is 0.152 e. The van der Waals surface area contributed by atoms with Gasteiger partial charge < -0.3 is 19.7 Å². The molecular formula is C16H24N4O. The minimum Gasteiger partial charge on any atom is -0.389 e. The Morgan fingerprint density at radius 2 is 2.19 bits per heavy atom. The second kappa shape index (κ2) is 5.31. The van der Waals surface area contributed by atoms with Gasteiger partial charge in [0.1, 0.15) is 5.65 Å². The molecule has 0 aliphatic heterocycles. The van der Waals surface area contributed by atoms with Crippen molar-refractivity contribution in [2.75, 3.05) is 18.5 Å². The summed E-state index contributed by atoms with van der Waals surface area (Å²) in [5.74, 6) is 0.941. The fourth-order valence-corrected chi connectivity index (χ4v) is 2.69. The minimum atomic E-state index is -0.744. The molecule has 1 fully saturated rings. The summed E-state index contributed by atoms with van der Waals surface area (Å²) in [7, 11) is 1.99. The molecule has 21 heavy (non-hydrogen) atoms. The van der Waals surface area contributed by atoms with Gasteiger partial charge in [-0.25, -0.2) is 4.98 Å². The van der Waals surface area contributed by atoms with Crippen LogP contribution in [-0.4, -0.2) is 39.7 Å². The molecule has 1 saturated carbocycles. The highest BCUT2D eigenvalue weighted by Gasteiger charge is 2.24. The predicted octanol–water partition coefficient (Wildman–Crippen LogP) is 1.79. The molecule has 2 heterocycles. The van der Waals surface area contributed by atoms with Crippen LogP contribution >= 0.6 is 0 Å². The van der Waals surface area contributed by atoms with Gasteiger partial charge in [-0.3, -0.25) is 0 Å². The van der Waals surface area contributed by atoms with E-state index in [1.807, 2.05) is 50.2 Å². The molecule has 2 aromatic heterocycles. The van der Waals surface area contributed by atoms with Crippen LogP contribution in [0.4, 0.5) is 5.82 Å². The lowest BCUT2D eigenvalue weighted by Gasteiger charge is -2.26. The summed E-state index contributed by atoms with van der Waals surface area (Å²) in [5.41, 5.74) is 1.36. The van der Waals surface area contributed by atoms with Gasteiger partial charge in [0.15, 0.2) is 5.82 Å². The van der Waals surface area contributed by atoms with E-state index >= 15 is 0 Å². The third kappa shape index (κ3) is 3.36. The Morgan fingerprint density at radius 3 is 2.86 bits per heavy atom. The number of rotatable bonds is 6. The van der Waals surface area contributed by atoms with Gasteiger partial charge >= 0.3 is 0 Å². The van der Waals surface area contributed by atoms with E-state index in [-0.39, 0.29) is 0 Å². The van der Waals surface area contributed by atoms with Gasteiger partial charge in [0, 0.05) is 32.4 Å². The molecule has 0 radical (unpaired) electrons. The lowest BCUT2D eigenvalue weighted by molar-refractivity contribution is 0.0884. The Labute approximate surface area is 125 Å². The Balaban J connectivity index is 1.92. The molecule has 0 spiro atoms. The van der Waals surface area contributed by atoms with E-state index in [1.54, 1.807) is 0 Å². The van der Waals surface area contributed by atoms with Gasteiger partial charge in [0.05, 0.1) is 11.3 Å². The third-order valence-electron chi connectivity index (χ3n) is 3.73. The Hall–Kier alpha value is -1.59. The van der Waals surface area contributed by atoms with Crippen LogP contribution in [-0.2, 0) is 6.54 Å². The van der Waals surface area contributed by atoms with E-state index in [1.165, 1.54) is 12.8 Å². The van der Waals surface area contributed by atoms with Crippen molar-refractivity contribution < 1.29 is 5.11 Å². The van der Waals surface area contributed by atoms with Crippen LogP contribution in [0.3, 0.4) is 0 Å². The standard InChI is InChI=1S/C16H24N4O/c1-16(2,21)11-19(3)15-13(10-17-12-7-8-12)20-9-5-4-6-14(20)18-15/h4-6,9,12,17,21H,7-8,10-11H2,1-3H3. The summed E-state index contributed by atoms with van der Waals surface area (Å²) < 4.78 is 2.13. The summed E-state index contributed by atoms with van der Waals surface area (Å²) >= 11 is 0. The van der Waals surface area contributed by atoms with Crippen LogP contribution in [0.25, 0.3) is 5.65 Å². The van der Waals surface area contributed by atoms with Crippen LogP contribution in [0, 0.1) is 0 Å². The molecule has 1 aliphatic rings. The summed E-state index contributed by atoms with van der Waals surface area (Å²) in [6.45, 7) is 5.00. The largest absolute Gasteiger partial charge is 0.389 e. The second-order valence-corrected chi connectivity index (χ2v) is 6.63. The fourth-order valence-electron chi connectivity index (χ4n) is 2.69. The maximum absolute atomic E-state index is 10.1. The highest BCUT2D eigenvalue weighted by atomic mass is 16.3. The maximum Gasteiger partial charge on any atom is 0.152 e. The number of aliphatic hydroxyl groups is 1. The lowest BCUT2D eigenvalue weighted by atomic mass is 10.1. The lowest BCUT2D eigenvalue weighted by Crippen LogP contribution is -2.37. The van der Waals surface area contributed by atoms with Crippen molar-refractivity contribution in [2.24, 2.45) is 0 Å². The number of anilines is 1. The van der Waals surface area contributed by atoms with Gasteiger partial charge in [-0.15, -0.1) is 0 Å². The summed E-state index contributed by atoms with van der Waals surface area (Å²) in [6, 6.07) is 6.70. The van der Waals surface area contributed by atoms with Crippen LogP contribution in [0.15, 0.2) is 24.4 Å². The SMILES string of the molecule is CN(CC(C)(C)O)c1nc2ccccn2c1CNC1CC1. The predicted molar refractivity (Wildman–Crippen MR) is 84.6 cm³/mol. The van der Waals surface area contributed by atoms with Crippen LogP contribution in [0.1, 0.15) is 32.4 Å². The topological polar surface area (TPSA) is 52.8 Å². The summed E-state index contributed by atoms with van der Waals surface area (Å²) in [4.78, 5) is 6.77. The summed E-state index contributed by atoms with van der Waals surface area (Å²) in [5, 5.41) is 13.6. The first-order chi connectivity index (χ1) is 9.94. The number of fused-ring (bicyclic) bond motifs is 1. The Kier molecular flexibility index (Phi) is 3.63. The number of imidazole rings is 1. The number of likely N-dealkylation sites (N-methyl/N-ethyl adjacent to an activating group) is 1. The summed E-state index contributed by atoms with van der Waals surface area (Å²) in [6.07, 6.45) is 4.59. The first-order valence-corrected chi connectivity index (χ1v) is 7.57. The third-order valence-corrected chi connectivity index (χ3v) is 3.73. The zero-order valence-corrected chi connectivity index (χ0v) is 13.0. The minimum absolute atomic E-state index is 0.549. The molecule has 1 aliphatic carbocycles. The van der Waals surface area contributed by atoms with Crippen molar-refractivity contribution in [3.8, 4) is 0 Å². The zero-order chi connectivity index (χ0) is 15.0. The molecule has 0 bridgehead atoms. The molecule has 5 nitrogen and oxygen atoms in total. The molecule has 5 heteroatoms. The average Bonchev–Trinajstić information content (AvgIpc) is 3.14. The zero-order valence-electron chi connectivity index (χ0n) is 13.0. The first kappa shape index (κ1) is 14.4. The van der Waals surface area contributed by atoms with Crippen molar-refractivity contribution in [2.45, 2.75) is 44.9 Å². The van der Waals surface area contributed by atoms with Gasteiger partial charge in [-0.1, -0.05) is 6.07 Å². The van der Waals surface area contributed by atoms with Crippen LogP contribution in [0.5, 0.6) is 0 Å². The highest BCUT2D eigenvalue weighted by Crippen LogP contribution is 2.25. The molecule has 3 rings (SSSR count). The van der Waals surface area contributed by atoms with Crippen molar-refractivity contribution in [3.05, 3.63) is 30.1 Å². The average molecular weight is 288 g/mol. The van der Waals surface area contributed by atoms with Gasteiger partial charge in [0.2, 0.25) is 0 Å². The van der Waals surface area contributed by atoms with Crippen LogP contribution in [0.2, 0.25) is 0 Å². The van der Waals surface area contributed by atoms with Gasteiger partial charge in [-0.2, -0.15) is 0 Å². The highest BCUT2D eigenvalue weighted by molar-refractivity contribution is 5.55. The van der Waals surface area contributed by atoms with Crippen molar-refractivity contribution >= 4 is 11.5 Å². The van der Waals surface area contributed by atoms with E-state index in [0.717, 1.165) is 23.7 Å². The van der Waals surface area contributed by atoms with Crippen molar-refractivity contribution in [1.82, 2.24) is 14.7 Å². The second-order valence-electron chi connectivity index (χ2n) is 6.63.